The lowest BCUT2D eigenvalue weighted by Gasteiger charge is -2.33. The van der Waals surface area contributed by atoms with Crippen LogP contribution in [0.25, 0.3) is 0 Å². The third-order valence-corrected chi connectivity index (χ3v) is 8.31. The first-order valence-electron chi connectivity index (χ1n) is 11.0. The molecule has 1 aromatic rings. The van der Waals surface area contributed by atoms with E-state index >= 15 is 0 Å². The molecule has 3 fully saturated rings. The fourth-order valence-electron chi connectivity index (χ4n) is 4.99. The van der Waals surface area contributed by atoms with Gasteiger partial charge in [0, 0.05) is 17.7 Å². The standard InChI is InChI=1S/C22H24N4O6S/c1-13-6-9-21(10-7-13)18(29)26(20(31)23-21)24-16(27)12-32-19(30)22-11-8-17(28)25(22)14-4-2-3-5-15(14)33-22/h2-5,13H,6-12H2,1H3,(H,23,31)(H,24,27). The van der Waals surface area contributed by atoms with Gasteiger partial charge in [-0.3, -0.25) is 24.7 Å². The van der Waals surface area contributed by atoms with Crippen LogP contribution >= 0.6 is 11.8 Å². The van der Waals surface area contributed by atoms with E-state index in [1.54, 1.807) is 12.1 Å². The van der Waals surface area contributed by atoms with Crippen molar-refractivity contribution in [2.75, 3.05) is 11.5 Å². The van der Waals surface area contributed by atoms with Gasteiger partial charge < -0.3 is 10.1 Å². The van der Waals surface area contributed by atoms with Crippen molar-refractivity contribution in [3.63, 3.8) is 0 Å². The number of urea groups is 1. The number of ether oxygens (including phenoxy) is 1. The Bertz CT molecular complexity index is 1070. The fourth-order valence-corrected chi connectivity index (χ4v) is 6.40. The number of thioether (sulfide) groups is 1. The summed E-state index contributed by atoms with van der Waals surface area (Å²) in [6.07, 6.45) is 3.12. The minimum atomic E-state index is -1.25. The molecule has 5 rings (SSSR count). The number of fused-ring (bicyclic) bond motifs is 3. The highest BCUT2D eigenvalue weighted by Crippen LogP contribution is 2.56. The van der Waals surface area contributed by atoms with Gasteiger partial charge in [-0.15, -0.1) is 0 Å². The Kier molecular flexibility index (Phi) is 5.11. The molecule has 33 heavy (non-hydrogen) atoms. The minimum absolute atomic E-state index is 0.180. The van der Waals surface area contributed by atoms with Crippen LogP contribution in [0.15, 0.2) is 29.2 Å². The van der Waals surface area contributed by atoms with Crippen LogP contribution in [0.4, 0.5) is 10.5 Å². The molecule has 4 aliphatic rings. The summed E-state index contributed by atoms with van der Waals surface area (Å²) in [4.78, 5) is 64.2. The second kappa shape index (κ2) is 7.75. The van der Waals surface area contributed by atoms with Crippen LogP contribution in [0, 0.1) is 5.92 Å². The van der Waals surface area contributed by atoms with Gasteiger partial charge in [-0.2, -0.15) is 5.01 Å². The molecular weight excluding hydrogens is 448 g/mol. The zero-order valence-electron chi connectivity index (χ0n) is 18.1. The molecule has 1 spiro atoms. The van der Waals surface area contributed by atoms with E-state index in [2.05, 4.69) is 17.7 Å². The topological polar surface area (TPSA) is 125 Å². The van der Waals surface area contributed by atoms with Crippen molar-refractivity contribution < 1.29 is 28.7 Å². The Hall–Kier alpha value is -3.08. The summed E-state index contributed by atoms with van der Waals surface area (Å²) in [7, 11) is 0. The first kappa shape index (κ1) is 21.7. The maximum absolute atomic E-state index is 13.0. The second-order valence-corrected chi connectivity index (χ2v) is 10.3. The predicted molar refractivity (Wildman–Crippen MR) is 117 cm³/mol. The van der Waals surface area contributed by atoms with Crippen molar-refractivity contribution in [2.45, 2.75) is 60.8 Å². The van der Waals surface area contributed by atoms with E-state index in [1.807, 2.05) is 12.1 Å². The van der Waals surface area contributed by atoms with Crippen molar-refractivity contribution in [2.24, 2.45) is 5.92 Å². The van der Waals surface area contributed by atoms with E-state index < -0.39 is 40.8 Å². The number of imide groups is 1. The molecule has 1 saturated carbocycles. The van der Waals surface area contributed by atoms with Crippen molar-refractivity contribution in [1.82, 2.24) is 15.8 Å². The van der Waals surface area contributed by atoms with E-state index in [1.165, 1.54) is 16.7 Å². The highest BCUT2D eigenvalue weighted by molar-refractivity contribution is 8.02. The monoisotopic (exact) mass is 472 g/mol. The van der Waals surface area contributed by atoms with Gasteiger partial charge in [0.25, 0.3) is 11.8 Å². The quantitative estimate of drug-likeness (QED) is 0.505. The molecule has 0 bridgehead atoms. The van der Waals surface area contributed by atoms with Crippen LogP contribution in [-0.2, 0) is 23.9 Å². The summed E-state index contributed by atoms with van der Waals surface area (Å²) in [5.74, 6) is -1.71. The van der Waals surface area contributed by atoms with Crippen LogP contribution in [0.3, 0.4) is 0 Å². The van der Waals surface area contributed by atoms with Crippen molar-refractivity contribution in [3.05, 3.63) is 24.3 Å². The third kappa shape index (κ3) is 3.36. The molecule has 174 valence electrons. The summed E-state index contributed by atoms with van der Waals surface area (Å²) >= 11 is 1.24. The number of carbonyl (C=O) groups is 5. The average molecular weight is 473 g/mol. The molecule has 2 saturated heterocycles. The molecular formula is C22H24N4O6S. The molecule has 3 heterocycles. The van der Waals surface area contributed by atoms with Gasteiger partial charge in [-0.05, 0) is 43.7 Å². The van der Waals surface area contributed by atoms with Crippen LogP contribution < -0.4 is 15.6 Å². The number of carbonyl (C=O) groups excluding carboxylic acids is 5. The molecule has 10 nitrogen and oxygen atoms in total. The number of rotatable bonds is 4. The van der Waals surface area contributed by atoms with E-state index in [9.17, 15) is 24.0 Å². The molecule has 1 unspecified atom stereocenters. The van der Waals surface area contributed by atoms with E-state index in [0.717, 1.165) is 17.7 Å². The molecule has 11 heteroatoms. The first-order chi connectivity index (χ1) is 15.8. The smallest absolute Gasteiger partial charge is 0.344 e. The zero-order valence-corrected chi connectivity index (χ0v) is 18.9. The van der Waals surface area contributed by atoms with Crippen molar-refractivity contribution in [3.8, 4) is 0 Å². The molecule has 1 atom stereocenters. The van der Waals surface area contributed by atoms with E-state index in [4.69, 9.17) is 4.74 Å². The molecule has 0 radical (unpaired) electrons. The number of hydrogen-bond acceptors (Lipinski definition) is 7. The number of hydrogen-bond donors (Lipinski definition) is 2. The van der Waals surface area contributed by atoms with Gasteiger partial charge in [-0.1, -0.05) is 30.8 Å². The predicted octanol–water partition coefficient (Wildman–Crippen LogP) is 1.69. The highest BCUT2D eigenvalue weighted by Gasteiger charge is 2.59. The zero-order chi connectivity index (χ0) is 23.4. The Balaban J connectivity index is 1.22. The largest absolute Gasteiger partial charge is 0.453 e. The van der Waals surface area contributed by atoms with Gasteiger partial charge in [0.1, 0.15) is 5.54 Å². The Labute approximate surface area is 194 Å². The van der Waals surface area contributed by atoms with Crippen LogP contribution in [0.1, 0.15) is 45.4 Å². The van der Waals surface area contributed by atoms with E-state index in [0.29, 0.717) is 29.5 Å². The van der Waals surface area contributed by atoms with Gasteiger partial charge in [0.2, 0.25) is 5.91 Å². The molecule has 3 aliphatic heterocycles. The molecule has 1 aliphatic carbocycles. The highest BCUT2D eigenvalue weighted by atomic mass is 32.2. The Morgan fingerprint density at radius 3 is 2.67 bits per heavy atom. The summed E-state index contributed by atoms with van der Waals surface area (Å²) in [6, 6.07) is 6.52. The SMILES string of the molecule is CC1CCC2(CC1)NC(=O)N(NC(=O)COC(=O)C13CCC(=O)N1c1ccccc1S3)C2=O. The number of para-hydroxylation sites is 1. The van der Waals surface area contributed by atoms with Gasteiger partial charge in [-0.25, -0.2) is 9.59 Å². The summed E-state index contributed by atoms with van der Waals surface area (Å²) < 4.78 is 5.27. The number of esters is 1. The molecule has 5 amide bonds. The number of nitrogens with one attached hydrogen (secondary N) is 2. The lowest BCUT2D eigenvalue weighted by molar-refractivity contribution is -0.152. The molecule has 2 N–H and O–H groups in total. The molecule has 1 aromatic carbocycles. The maximum Gasteiger partial charge on any atom is 0.344 e. The number of anilines is 1. The summed E-state index contributed by atoms with van der Waals surface area (Å²) in [6.45, 7) is 1.42. The normalized spacial score (nSPS) is 30.3. The third-order valence-electron chi connectivity index (χ3n) is 6.85. The van der Waals surface area contributed by atoms with Gasteiger partial charge in [0.15, 0.2) is 11.5 Å². The Morgan fingerprint density at radius 2 is 1.91 bits per heavy atom. The van der Waals surface area contributed by atoms with Crippen molar-refractivity contribution >= 4 is 47.2 Å². The number of benzene rings is 1. The van der Waals surface area contributed by atoms with Crippen LogP contribution in [-0.4, -0.2) is 51.7 Å². The number of hydrazine groups is 1. The van der Waals surface area contributed by atoms with Gasteiger partial charge in [0.05, 0.1) is 5.69 Å². The molecule has 0 aromatic heterocycles. The number of amides is 5. The maximum atomic E-state index is 13.0. The van der Waals surface area contributed by atoms with E-state index in [-0.39, 0.29) is 18.7 Å². The lowest BCUT2D eigenvalue weighted by atomic mass is 9.77. The average Bonchev–Trinajstić information content (AvgIpc) is 3.39. The lowest BCUT2D eigenvalue weighted by Crippen LogP contribution is -2.52. The minimum Gasteiger partial charge on any atom is -0.453 e. The summed E-state index contributed by atoms with van der Waals surface area (Å²) in [5, 5.41) is 3.39. The van der Waals surface area contributed by atoms with Crippen molar-refractivity contribution in [1.29, 1.82) is 0 Å². The second-order valence-electron chi connectivity index (χ2n) is 9.03. The van der Waals surface area contributed by atoms with Crippen LogP contribution in [0.2, 0.25) is 0 Å². The summed E-state index contributed by atoms with van der Waals surface area (Å²) in [5.41, 5.74) is 1.93. The number of nitrogens with zero attached hydrogens (tertiary/aromatic N) is 2. The first-order valence-corrected chi connectivity index (χ1v) is 11.8. The fraction of sp³-hybridized carbons (Fsp3) is 0.500. The van der Waals surface area contributed by atoms with Gasteiger partial charge >= 0.3 is 12.0 Å². The van der Waals surface area contributed by atoms with Crippen LogP contribution in [0.5, 0.6) is 0 Å². The Morgan fingerprint density at radius 1 is 1.18 bits per heavy atom.